The Morgan fingerprint density at radius 1 is 1.19 bits per heavy atom. The number of hydrogen-bond donors (Lipinski definition) is 1. The van der Waals surface area contributed by atoms with Gasteiger partial charge in [0.25, 0.3) is 0 Å². The van der Waals surface area contributed by atoms with Gasteiger partial charge in [0, 0.05) is 41.0 Å². The van der Waals surface area contributed by atoms with Gasteiger partial charge in [0.1, 0.15) is 35.1 Å². The van der Waals surface area contributed by atoms with Crippen molar-refractivity contribution in [1.82, 2.24) is 19.8 Å². The summed E-state index contributed by atoms with van der Waals surface area (Å²) in [6.07, 6.45) is 6.07. The number of thiophene rings is 1. The molecule has 3 aromatic carbocycles. The number of nitrogens with one attached hydrogen (secondary N) is 1. The normalized spacial score (nSPS) is 15.4. The predicted octanol–water partition coefficient (Wildman–Crippen LogP) is 7.14. The fraction of sp³-hybridized carbons (Fsp3) is 0.219. The highest BCUT2D eigenvalue weighted by Gasteiger charge is 2.26. The van der Waals surface area contributed by atoms with E-state index >= 15 is 0 Å². The second-order valence-corrected chi connectivity index (χ2v) is 11.9. The largest absolute Gasteiger partial charge is 0.487 e. The zero-order valence-electron chi connectivity index (χ0n) is 23.2. The molecule has 42 heavy (non-hydrogen) atoms. The Labute approximate surface area is 252 Å². The van der Waals surface area contributed by atoms with E-state index in [1.54, 1.807) is 41.7 Å². The lowest BCUT2D eigenvalue weighted by molar-refractivity contribution is -0.125. The van der Waals surface area contributed by atoms with Gasteiger partial charge in [-0.25, -0.2) is 14.4 Å². The molecule has 1 amide bonds. The molecule has 1 saturated heterocycles. The summed E-state index contributed by atoms with van der Waals surface area (Å²) in [6.45, 7) is 1.75. The minimum atomic E-state index is -0.308. The van der Waals surface area contributed by atoms with E-state index in [9.17, 15) is 9.18 Å². The molecule has 1 N–H and O–H groups in total. The Bertz CT molecular complexity index is 1810. The van der Waals surface area contributed by atoms with Crippen LogP contribution in [0.5, 0.6) is 5.75 Å². The van der Waals surface area contributed by atoms with Crippen LogP contribution in [-0.2, 0) is 11.4 Å². The van der Waals surface area contributed by atoms with Crippen molar-refractivity contribution in [2.45, 2.75) is 19.1 Å². The lowest BCUT2D eigenvalue weighted by Crippen LogP contribution is -2.33. The molecule has 1 atom stereocenters. The van der Waals surface area contributed by atoms with Crippen molar-refractivity contribution in [3.05, 3.63) is 95.0 Å². The van der Waals surface area contributed by atoms with Crippen LogP contribution in [-0.4, -0.2) is 58.9 Å². The van der Waals surface area contributed by atoms with Gasteiger partial charge in [-0.05, 0) is 74.1 Å². The van der Waals surface area contributed by atoms with E-state index < -0.39 is 0 Å². The zero-order valence-corrected chi connectivity index (χ0v) is 24.8. The van der Waals surface area contributed by atoms with Crippen LogP contribution < -0.4 is 10.1 Å². The number of rotatable bonds is 8. The summed E-state index contributed by atoms with van der Waals surface area (Å²) in [5, 5.41) is 5.73. The topological polar surface area (TPSA) is 70.6 Å². The fourth-order valence-electron chi connectivity index (χ4n) is 5.08. The van der Waals surface area contributed by atoms with E-state index in [0.717, 1.165) is 56.6 Å². The number of fused-ring (bicyclic) bond motifs is 3. The number of likely N-dealkylation sites (tertiary alicyclic amines) is 1. The van der Waals surface area contributed by atoms with Crippen molar-refractivity contribution >= 4 is 66.7 Å². The quantitative estimate of drug-likeness (QED) is 0.191. The number of likely N-dealkylation sites (N-methyl/N-ethyl adjacent to an activating group) is 1. The molecule has 3 heterocycles. The Kier molecular flexibility index (Phi) is 8.06. The lowest BCUT2D eigenvalue weighted by Gasteiger charge is -2.19. The molecule has 10 heteroatoms. The number of nitrogens with zero attached hydrogens (tertiary/aromatic N) is 4. The molecule has 0 saturated carbocycles. The fourth-order valence-corrected chi connectivity index (χ4v) is 6.41. The Morgan fingerprint density at radius 3 is 2.86 bits per heavy atom. The van der Waals surface area contributed by atoms with Crippen molar-refractivity contribution in [3.8, 4) is 5.75 Å². The number of amides is 1. The average molecular weight is 602 g/mol. The third-order valence-corrected chi connectivity index (χ3v) is 8.75. The predicted molar refractivity (Wildman–Crippen MR) is 168 cm³/mol. The Morgan fingerprint density at radius 2 is 2.07 bits per heavy atom. The van der Waals surface area contributed by atoms with E-state index in [0.29, 0.717) is 22.6 Å². The summed E-state index contributed by atoms with van der Waals surface area (Å²) >= 11 is 8.09. The number of carbonyl (C=O) groups excluding carboxylic acids is 1. The number of anilines is 2. The van der Waals surface area contributed by atoms with E-state index in [1.165, 1.54) is 18.5 Å². The zero-order chi connectivity index (χ0) is 29.2. The van der Waals surface area contributed by atoms with Gasteiger partial charge in [-0.1, -0.05) is 35.9 Å². The van der Waals surface area contributed by atoms with Gasteiger partial charge in [0.05, 0.1) is 10.4 Å². The molecule has 0 radical (unpaired) electrons. The molecule has 0 spiro atoms. The number of halogens is 2. The summed E-state index contributed by atoms with van der Waals surface area (Å²) in [6, 6.07) is 18.2. The van der Waals surface area contributed by atoms with Crippen LogP contribution in [0.2, 0.25) is 5.02 Å². The highest BCUT2D eigenvalue weighted by molar-refractivity contribution is 7.25. The monoisotopic (exact) mass is 601 g/mol. The highest BCUT2D eigenvalue weighted by atomic mass is 35.5. The Balaban J connectivity index is 1.18. The van der Waals surface area contributed by atoms with Crippen LogP contribution >= 0.6 is 22.9 Å². The maximum atomic E-state index is 13.5. The molecule has 0 aliphatic carbocycles. The maximum Gasteiger partial charge on any atom is 0.246 e. The molecule has 2 aromatic heterocycles. The molecule has 0 unspecified atom stereocenters. The van der Waals surface area contributed by atoms with Crippen molar-refractivity contribution in [2.24, 2.45) is 0 Å². The summed E-state index contributed by atoms with van der Waals surface area (Å²) in [5.41, 5.74) is 2.42. The van der Waals surface area contributed by atoms with E-state index in [-0.39, 0.29) is 18.3 Å². The molecule has 7 nitrogen and oxygen atoms in total. The Hall–Kier alpha value is -4.05. The first-order valence-corrected chi connectivity index (χ1v) is 14.8. The van der Waals surface area contributed by atoms with Crippen LogP contribution in [0.4, 0.5) is 15.9 Å². The second kappa shape index (κ2) is 12.1. The van der Waals surface area contributed by atoms with Crippen LogP contribution in [0.15, 0.2) is 73.1 Å². The van der Waals surface area contributed by atoms with Crippen molar-refractivity contribution < 1.29 is 13.9 Å². The molecular formula is C32H29ClFN5O2S. The molecule has 0 bridgehead atoms. The van der Waals surface area contributed by atoms with Crippen LogP contribution in [0, 0.1) is 5.82 Å². The third kappa shape index (κ3) is 6.09. The van der Waals surface area contributed by atoms with Gasteiger partial charge in [-0.2, -0.15) is 0 Å². The summed E-state index contributed by atoms with van der Waals surface area (Å²) < 4.78 is 20.3. The van der Waals surface area contributed by atoms with Crippen LogP contribution in [0.3, 0.4) is 0 Å². The smallest absolute Gasteiger partial charge is 0.246 e. The summed E-state index contributed by atoms with van der Waals surface area (Å²) in [5.74, 6) is 0.898. The molecule has 1 aliphatic rings. The minimum Gasteiger partial charge on any atom is -0.487 e. The number of benzene rings is 3. The van der Waals surface area contributed by atoms with E-state index in [1.807, 2.05) is 29.2 Å². The van der Waals surface area contributed by atoms with E-state index in [2.05, 4.69) is 40.3 Å². The van der Waals surface area contributed by atoms with Crippen molar-refractivity contribution in [3.63, 3.8) is 0 Å². The molecule has 6 rings (SSSR count). The van der Waals surface area contributed by atoms with Gasteiger partial charge in [0.2, 0.25) is 5.91 Å². The lowest BCUT2D eigenvalue weighted by atomic mass is 10.1. The summed E-state index contributed by atoms with van der Waals surface area (Å²) in [4.78, 5) is 26.7. The highest BCUT2D eigenvalue weighted by Crippen LogP contribution is 2.38. The standard InChI is InChI=1S/C32H29ClFN5O2S/c1-38(2)24-12-13-39(17-24)29(40)11-7-20-6-9-25-28(15-20)42-32-30(25)31(35-19-36-32)37-23-8-10-27(26(33)16-23)41-18-21-4-3-5-22(34)14-21/h3-11,14-16,19,24H,12-13,17-18H2,1-2H3,(H,35,36,37)/t24-/m0/s1. The molecule has 214 valence electrons. The molecular weight excluding hydrogens is 573 g/mol. The SMILES string of the molecule is CN(C)[C@H]1CCN(C(=O)C=Cc2ccc3c(c2)sc2ncnc(Nc4ccc(OCc5cccc(F)c5)c(Cl)c4)c23)C1. The molecule has 5 aromatic rings. The first kappa shape index (κ1) is 28.1. The minimum absolute atomic E-state index is 0.0391. The number of carbonyl (C=O) groups is 1. The van der Waals surface area contributed by atoms with Crippen LogP contribution in [0.25, 0.3) is 26.4 Å². The average Bonchev–Trinajstić information content (AvgIpc) is 3.61. The van der Waals surface area contributed by atoms with Crippen molar-refractivity contribution in [2.75, 3.05) is 32.5 Å². The first-order chi connectivity index (χ1) is 20.3. The number of aromatic nitrogens is 2. The number of hydrogen-bond acceptors (Lipinski definition) is 7. The van der Waals surface area contributed by atoms with Gasteiger partial charge >= 0.3 is 0 Å². The third-order valence-electron chi connectivity index (χ3n) is 7.40. The molecule has 1 fully saturated rings. The van der Waals surface area contributed by atoms with E-state index in [4.69, 9.17) is 16.3 Å². The van der Waals surface area contributed by atoms with Gasteiger partial charge < -0.3 is 19.9 Å². The van der Waals surface area contributed by atoms with Crippen LogP contribution in [0.1, 0.15) is 17.5 Å². The first-order valence-electron chi connectivity index (χ1n) is 13.6. The van der Waals surface area contributed by atoms with Gasteiger partial charge in [-0.3, -0.25) is 4.79 Å². The number of ether oxygens (including phenoxy) is 1. The van der Waals surface area contributed by atoms with Crippen molar-refractivity contribution in [1.29, 1.82) is 0 Å². The van der Waals surface area contributed by atoms with Gasteiger partial charge in [0.15, 0.2) is 0 Å². The van der Waals surface area contributed by atoms with Gasteiger partial charge in [-0.15, -0.1) is 11.3 Å². The second-order valence-electron chi connectivity index (χ2n) is 10.5. The maximum absolute atomic E-state index is 13.5. The summed E-state index contributed by atoms with van der Waals surface area (Å²) in [7, 11) is 4.11. The molecule has 1 aliphatic heterocycles.